The summed E-state index contributed by atoms with van der Waals surface area (Å²) in [6, 6.07) is 8.06. The van der Waals surface area contributed by atoms with Crippen molar-refractivity contribution in [3.8, 4) is 22.6 Å². The Morgan fingerprint density at radius 1 is 1.06 bits per heavy atom. The Labute approximate surface area is 195 Å². The molecule has 4 aromatic heterocycles. The Hall–Kier alpha value is -3.87. The van der Waals surface area contributed by atoms with Crippen molar-refractivity contribution in [1.29, 1.82) is 0 Å². The lowest BCUT2D eigenvalue weighted by molar-refractivity contribution is -0.137. The van der Waals surface area contributed by atoms with Gasteiger partial charge in [0.2, 0.25) is 0 Å². The Morgan fingerprint density at radius 2 is 1.83 bits per heavy atom. The van der Waals surface area contributed by atoms with Gasteiger partial charge in [-0.3, -0.25) is 0 Å². The highest BCUT2D eigenvalue weighted by molar-refractivity contribution is 7.91. The second-order valence-corrected chi connectivity index (χ2v) is 9.91. The zero-order valence-corrected chi connectivity index (χ0v) is 19.1. The van der Waals surface area contributed by atoms with Crippen LogP contribution in [0.1, 0.15) is 12.5 Å². The van der Waals surface area contributed by atoms with Crippen molar-refractivity contribution >= 4 is 26.6 Å². The van der Waals surface area contributed by atoms with Gasteiger partial charge >= 0.3 is 6.18 Å². The first-order valence-corrected chi connectivity index (χ1v) is 11.9. The van der Waals surface area contributed by atoms with Gasteiger partial charge in [-0.2, -0.15) is 18.3 Å². The van der Waals surface area contributed by atoms with Gasteiger partial charge in [0.25, 0.3) is 0 Å². The highest BCUT2D eigenvalue weighted by Gasteiger charge is 2.33. The Balaban J connectivity index is 1.85. The molecule has 8 nitrogen and oxygen atoms in total. The molecule has 13 heteroatoms. The smallest absolute Gasteiger partial charge is 0.312 e. The molecule has 0 saturated heterocycles. The lowest BCUT2D eigenvalue weighted by Crippen LogP contribution is -2.07. The van der Waals surface area contributed by atoms with Crippen molar-refractivity contribution < 1.29 is 26.0 Å². The Morgan fingerprint density at radius 3 is 2.51 bits per heavy atom. The standard InChI is InChI=1S/C22H16F4N6O2S/c1-3-35(33,34)21-17(20-29-15-10-13(22(24,25)26)11-28-18(15)31(20)2)19-27-8-7-16(32(19)30-21)12-5-4-6-14(23)9-12/h4-11H,3H2,1-2H3. The van der Waals surface area contributed by atoms with Crippen LogP contribution >= 0.6 is 0 Å². The van der Waals surface area contributed by atoms with Gasteiger partial charge in [0.15, 0.2) is 26.2 Å². The number of pyridine rings is 1. The average molecular weight is 504 g/mol. The van der Waals surface area contributed by atoms with Crippen molar-refractivity contribution in [2.24, 2.45) is 7.05 Å². The van der Waals surface area contributed by atoms with Gasteiger partial charge in [0.05, 0.1) is 17.0 Å². The molecule has 0 saturated carbocycles. The quantitative estimate of drug-likeness (QED) is 0.339. The topological polar surface area (TPSA) is 95.0 Å². The van der Waals surface area contributed by atoms with E-state index in [1.54, 1.807) is 12.1 Å². The number of aromatic nitrogens is 6. The van der Waals surface area contributed by atoms with E-state index in [2.05, 4.69) is 20.1 Å². The zero-order chi connectivity index (χ0) is 25.1. The molecule has 0 unspecified atom stereocenters. The van der Waals surface area contributed by atoms with E-state index in [-0.39, 0.29) is 39.0 Å². The molecule has 5 rings (SSSR count). The summed E-state index contributed by atoms with van der Waals surface area (Å²) >= 11 is 0. The lowest BCUT2D eigenvalue weighted by Gasteiger charge is -2.06. The number of aryl methyl sites for hydroxylation is 1. The van der Waals surface area contributed by atoms with Crippen molar-refractivity contribution in [1.82, 2.24) is 29.1 Å². The number of benzene rings is 1. The third-order valence-corrected chi connectivity index (χ3v) is 7.18. The van der Waals surface area contributed by atoms with Crippen LogP contribution in [-0.4, -0.2) is 43.3 Å². The normalized spacial score (nSPS) is 12.6. The first-order chi connectivity index (χ1) is 16.5. The molecule has 4 heterocycles. The van der Waals surface area contributed by atoms with Crippen molar-refractivity contribution in [3.05, 3.63) is 60.2 Å². The molecule has 0 amide bonds. The molecule has 0 fully saturated rings. The molecule has 5 aromatic rings. The van der Waals surface area contributed by atoms with Crippen LogP contribution in [-0.2, 0) is 23.1 Å². The largest absolute Gasteiger partial charge is 0.417 e. The maximum Gasteiger partial charge on any atom is 0.417 e. The minimum atomic E-state index is -4.62. The molecule has 0 spiro atoms. The predicted molar refractivity (Wildman–Crippen MR) is 119 cm³/mol. The summed E-state index contributed by atoms with van der Waals surface area (Å²) in [6.45, 7) is 1.44. The Kier molecular flexibility index (Phi) is 5.13. The number of hydrogen-bond donors (Lipinski definition) is 0. The highest BCUT2D eigenvalue weighted by atomic mass is 32.2. The van der Waals surface area contributed by atoms with Crippen LogP contribution in [0.25, 0.3) is 39.5 Å². The molecule has 0 radical (unpaired) electrons. The number of nitrogens with zero attached hydrogens (tertiary/aromatic N) is 6. The van der Waals surface area contributed by atoms with E-state index < -0.39 is 27.4 Å². The van der Waals surface area contributed by atoms with E-state index in [0.29, 0.717) is 17.5 Å². The number of fused-ring (bicyclic) bond motifs is 2. The first-order valence-electron chi connectivity index (χ1n) is 10.3. The van der Waals surface area contributed by atoms with E-state index in [1.807, 2.05) is 0 Å². The van der Waals surface area contributed by atoms with E-state index in [9.17, 15) is 26.0 Å². The molecule has 0 bridgehead atoms. The van der Waals surface area contributed by atoms with Crippen LogP contribution in [0.2, 0.25) is 0 Å². The van der Waals surface area contributed by atoms with Crippen LogP contribution in [0, 0.1) is 5.82 Å². The zero-order valence-electron chi connectivity index (χ0n) is 18.2. The third kappa shape index (κ3) is 3.71. The van der Waals surface area contributed by atoms with Crippen LogP contribution < -0.4 is 0 Å². The molecule has 0 aliphatic carbocycles. The predicted octanol–water partition coefficient (Wildman–Crippen LogP) is 4.30. The van der Waals surface area contributed by atoms with Gasteiger partial charge in [0, 0.05) is 25.0 Å². The molecule has 0 aliphatic rings. The molecule has 0 atom stereocenters. The van der Waals surface area contributed by atoms with Gasteiger partial charge in [-0.25, -0.2) is 32.3 Å². The summed E-state index contributed by atoms with van der Waals surface area (Å²) in [5.41, 5.74) is -0.0425. The summed E-state index contributed by atoms with van der Waals surface area (Å²) in [7, 11) is -2.42. The van der Waals surface area contributed by atoms with Crippen molar-refractivity contribution in [2.75, 3.05) is 5.75 Å². The maximum absolute atomic E-state index is 13.9. The summed E-state index contributed by atoms with van der Waals surface area (Å²) in [5.74, 6) is -0.763. The van der Waals surface area contributed by atoms with Gasteiger partial charge in [-0.15, -0.1) is 0 Å². The number of hydrogen-bond acceptors (Lipinski definition) is 6. The molecule has 0 aliphatic heterocycles. The fourth-order valence-corrected chi connectivity index (χ4v) is 4.77. The van der Waals surface area contributed by atoms with Gasteiger partial charge in [0.1, 0.15) is 22.7 Å². The minimum absolute atomic E-state index is 0.0131. The second kappa shape index (κ2) is 7.83. The number of alkyl halides is 3. The summed E-state index contributed by atoms with van der Waals surface area (Å²) in [6.07, 6.45) is -2.53. The number of sulfone groups is 1. The average Bonchev–Trinajstić information content (AvgIpc) is 3.36. The fourth-order valence-electron chi connectivity index (χ4n) is 3.80. The Bertz CT molecular complexity index is 1720. The lowest BCUT2D eigenvalue weighted by atomic mass is 10.1. The second-order valence-electron chi connectivity index (χ2n) is 7.72. The number of halogens is 4. The molecular formula is C22H16F4N6O2S. The van der Waals surface area contributed by atoms with E-state index in [4.69, 9.17) is 0 Å². The minimum Gasteiger partial charge on any atom is -0.312 e. The van der Waals surface area contributed by atoms with Crippen molar-refractivity contribution in [2.45, 2.75) is 18.1 Å². The van der Waals surface area contributed by atoms with Crippen LogP contribution in [0.4, 0.5) is 17.6 Å². The van der Waals surface area contributed by atoms with E-state index in [0.717, 1.165) is 6.07 Å². The number of rotatable bonds is 4. The molecular weight excluding hydrogens is 488 g/mol. The van der Waals surface area contributed by atoms with Crippen molar-refractivity contribution in [3.63, 3.8) is 0 Å². The summed E-state index contributed by atoms with van der Waals surface area (Å²) in [5, 5.41) is 3.95. The summed E-state index contributed by atoms with van der Waals surface area (Å²) < 4.78 is 82.2. The van der Waals surface area contributed by atoms with E-state index >= 15 is 0 Å². The fraction of sp³-hybridized carbons (Fsp3) is 0.182. The van der Waals surface area contributed by atoms with Crippen LogP contribution in [0.5, 0.6) is 0 Å². The van der Waals surface area contributed by atoms with Gasteiger partial charge in [-0.1, -0.05) is 19.1 Å². The highest BCUT2D eigenvalue weighted by Crippen LogP contribution is 2.36. The number of imidazole rings is 1. The van der Waals surface area contributed by atoms with Gasteiger partial charge < -0.3 is 4.57 Å². The first kappa shape index (κ1) is 22.9. The molecule has 0 N–H and O–H groups in total. The van der Waals surface area contributed by atoms with Crippen LogP contribution in [0.3, 0.4) is 0 Å². The molecule has 1 aromatic carbocycles. The van der Waals surface area contributed by atoms with Gasteiger partial charge in [-0.05, 0) is 24.3 Å². The monoisotopic (exact) mass is 504 g/mol. The molecule has 180 valence electrons. The molecule has 35 heavy (non-hydrogen) atoms. The summed E-state index contributed by atoms with van der Waals surface area (Å²) in [4.78, 5) is 12.5. The van der Waals surface area contributed by atoms with Crippen LogP contribution in [0.15, 0.2) is 53.8 Å². The van der Waals surface area contributed by atoms with E-state index in [1.165, 1.54) is 47.4 Å². The maximum atomic E-state index is 13.9. The SMILES string of the molecule is CCS(=O)(=O)c1nn2c(-c3cccc(F)c3)ccnc2c1-c1nc2cc(C(F)(F)F)cnc2n1C. The third-order valence-electron chi connectivity index (χ3n) is 5.54.